The molecule has 3 heterocycles. The maximum Gasteiger partial charge on any atom is 0.345 e. The Labute approximate surface area is 319 Å². The van der Waals surface area contributed by atoms with Crippen LogP contribution >= 0.6 is 11.6 Å². The molecular weight excluding hydrogens is 748 g/mol. The molecule has 0 saturated carbocycles. The maximum atomic E-state index is 15.6. The number of nitrogens with one attached hydrogen (secondary N) is 1. The van der Waals surface area contributed by atoms with Crippen molar-refractivity contribution in [2.24, 2.45) is 7.05 Å². The number of alkyl halides is 2. The molecule has 18 heteroatoms. The van der Waals surface area contributed by atoms with E-state index in [2.05, 4.69) is 20.1 Å². The lowest BCUT2D eigenvalue weighted by molar-refractivity contribution is -0.134. The van der Waals surface area contributed by atoms with Gasteiger partial charge in [0, 0.05) is 74.1 Å². The van der Waals surface area contributed by atoms with Crippen LogP contribution in [0.25, 0.3) is 22.4 Å². The lowest BCUT2D eigenvalue weighted by Gasteiger charge is -2.35. The van der Waals surface area contributed by atoms with E-state index in [0.717, 1.165) is 0 Å². The number of piperazine rings is 1. The van der Waals surface area contributed by atoms with Crippen molar-refractivity contribution in [3.63, 3.8) is 0 Å². The van der Waals surface area contributed by atoms with Gasteiger partial charge in [0.05, 0.1) is 47.9 Å². The monoisotopic (exact) mass is 788 g/mol. The number of aryl methyl sites for hydroxylation is 1. The highest BCUT2D eigenvalue weighted by atomic mass is 35.5. The van der Waals surface area contributed by atoms with Gasteiger partial charge in [-0.15, -0.1) is 0 Å². The molecule has 5 rings (SSSR count). The topological polar surface area (TPSA) is 135 Å². The summed E-state index contributed by atoms with van der Waals surface area (Å²) in [7, 11) is 5.04. The molecular formula is C37H41ClF4N8O5. The summed E-state index contributed by atoms with van der Waals surface area (Å²) in [5, 5.41) is 7.01. The number of amides is 3. The second-order valence-electron chi connectivity index (χ2n) is 13.3. The van der Waals surface area contributed by atoms with Crippen molar-refractivity contribution < 1.29 is 41.5 Å². The van der Waals surface area contributed by atoms with Gasteiger partial charge in [-0.2, -0.15) is 13.9 Å². The third-order valence-electron chi connectivity index (χ3n) is 9.23. The van der Waals surface area contributed by atoms with Crippen molar-refractivity contribution in [3.8, 4) is 22.4 Å². The van der Waals surface area contributed by atoms with E-state index in [1.165, 1.54) is 52.8 Å². The zero-order valence-corrected chi connectivity index (χ0v) is 31.7. The number of anilines is 1. The first-order chi connectivity index (χ1) is 26.1. The standard InChI is InChI=1S/C37H41ClF4N8O5/c1-21-31(22(2)50(45-21)16-17-55-37(41)42)27-10-9-26(32(39)33(27)40)29-19-43-34(47(29)5)35(53)44-23-6-8-25(28(38)18-23)36(54)49-14-12-48(13-15-49)30(52)11-7-24(51)20-46(3)4/h6,8-10,18-19,37H,7,11-17,20H2,1-5H3,(H,44,53). The van der Waals surface area contributed by atoms with Crippen LogP contribution in [0.4, 0.5) is 23.2 Å². The van der Waals surface area contributed by atoms with Gasteiger partial charge < -0.3 is 29.3 Å². The Morgan fingerprint density at radius 3 is 2.27 bits per heavy atom. The number of carbonyl (C=O) groups excluding carboxylic acids is 4. The highest BCUT2D eigenvalue weighted by molar-refractivity contribution is 6.34. The van der Waals surface area contributed by atoms with Crippen LogP contribution in [0.15, 0.2) is 36.5 Å². The van der Waals surface area contributed by atoms with Crippen LogP contribution in [0.2, 0.25) is 5.02 Å². The fourth-order valence-electron chi connectivity index (χ4n) is 6.46. The van der Waals surface area contributed by atoms with E-state index in [9.17, 15) is 28.0 Å². The number of ether oxygens (including phenoxy) is 1. The highest BCUT2D eigenvalue weighted by Gasteiger charge is 2.28. The van der Waals surface area contributed by atoms with E-state index in [-0.39, 0.29) is 102 Å². The Balaban J connectivity index is 1.22. The molecule has 2 aromatic carbocycles. The molecule has 1 N–H and O–H groups in total. The van der Waals surface area contributed by atoms with Gasteiger partial charge in [0.25, 0.3) is 11.8 Å². The summed E-state index contributed by atoms with van der Waals surface area (Å²) < 4.78 is 63.0. The molecule has 1 aliphatic heterocycles. The Bertz CT molecular complexity index is 2100. The van der Waals surface area contributed by atoms with Crippen LogP contribution in [0.5, 0.6) is 0 Å². The molecule has 0 atom stereocenters. The van der Waals surface area contributed by atoms with Gasteiger partial charge in [0.15, 0.2) is 17.5 Å². The number of Topliss-reactive ketones (excluding diaryl/α,β-unsaturated/α-hetero) is 1. The average molecular weight is 789 g/mol. The summed E-state index contributed by atoms with van der Waals surface area (Å²) in [5.41, 5.74) is 1.45. The Kier molecular flexibility index (Phi) is 13.1. The first-order valence-corrected chi connectivity index (χ1v) is 17.7. The summed E-state index contributed by atoms with van der Waals surface area (Å²) in [6.07, 6.45) is 1.51. The quantitative estimate of drug-likeness (QED) is 0.173. The molecule has 1 aliphatic rings. The number of hydrogen-bond donors (Lipinski definition) is 1. The minimum atomic E-state index is -2.94. The molecule has 3 amide bonds. The predicted molar refractivity (Wildman–Crippen MR) is 196 cm³/mol. The molecule has 0 unspecified atom stereocenters. The number of ketones is 1. The second kappa shape index (κ2) is 17.6. The zero-order chi connectivity index (χ0) is 40.1. The van der Waals surface area contributed by atoms with E-state index in [0.29, 0.717) is 30.0 Å². The number of likely N-dealkylation sites (N-methyl/N-ethyl adjacent to an activating group) is 1. The Morgan fingerprint density at radius 2 is 1.62 bits per heavy atom. The Hall–Kier alpha value is -5.13. The zero-order valence-electron chi connectivity index (χ0n) is 31.0. The average Bonchev–Trinajstić information content (AvgIpc) is 3.65. The summed E-state index contributed by atoms with van der Waals surface area (Å²) in [6, 6.07) is 7.11. The number of halogens is 5. The van der Waals surface area contributed by atoms with Gasteiger partial charge in [-0.25, -0.2) is 13.8 Å². The van der Waals surface area contributed by atoms with Gasteiger partial charge in [-0.3, -0.25) is 23.9 Å². The van der Waals surface area contributed by atoms with Crippen molar-refractivity contribution >= 4 is 40.8 Å². The number of imidazole rings is 1. The van der Waals surface area contributed by atoms with Crippen molar-refractivity contribution in [2.45, 2.75) is 39.8 Å². The minimum absolute atomic E-state index is 0.0144. The number of carbonyl (C=O) groups is 4. The molecule has 13 nitrogen and oxygen atoms in total. The summed E-state index contributed by atoms with van der Waals surface area (Å²) >= 11 is 6.48. The van der Waals surface area contributed by atoms with Crippen molar-refractivity contribution in [1.29, 1.82) is 0 Å². The number of nitrogens with zero attached hydrogens (tertiary/aromatic N) is 7. The number of aromatic nitrogens is 4. The Morgan fingerprint density at radius 1 is 0.964 bits per heavy atom. The van der Waals surface area contributed by atoms with Crippen molar-refractivity contribution in [2.75, 3.05) is 58.7 Å². The SMILES string of the molecule is Cc1nn(CCOC(F)F)c(C)c1-c1ccc(-c2cnc(C(=O)Nc3ccc(C(=O)N4CCN(C(=O)CCC(=O)CN(C)C)CC4)c(Cl)c3)n2C)c(F)c1F. The third-order valence-corrected chi connectivity index (χ3v) is 9.55. The number of benzene rings is 2. The first kappa shape index (κ1) is 41.0. The molecule has 1 saturated heterocycles. The largest absolute Gasteiger partial charge is 0.345 e. The maximum absolute atomic E-state index is 15.6. The molecule has 55 heavy (non-hydrogen) atoms. The van der Waals surface area contributed by atoms with Crippen molar-refractivity contribution in [1.82, 2.24) is 34.0 Å². The molecule has 0 bridgehead atoms. The van der Waals surface area contributed by atoms with Gasteiger partial charge in [0.2, 0.25) is 5.91 Å². The van der Waals surface area contributed by atoms with E-state index < -0.39 is 24.2 Å². The van der Waals surface area contributed by atoms with Crippen LogP contribution in [-0.2, 0) is 27.9 Å². The van der Waals surface area contributed by atoms with Crippen LogP contribution in [0.3, 0.4) is 0 Å². The normalized spacial score (nSPS) is 13.2. The molecule has 0 aliphatic carbocycles. The number of hydrogen-bond acceptors (Lipinski definition) is 8. The van der Waals surface area contributed by atoms with Crippen LogP contribution in [0.1, 0.15) is 45.2 Å². The minimum Gasteiger partial charge on any atom is -0.339 e. The van der Waals surface area contributed by atoms with Gasteiger partial charge in [-0.1, -0.05) is 17.7 Å². The smallest absolute Gasteiger partial charge is 0.339 e. The summed E-state index contributed by atoms with van der Waals surface area (Å²) in [4.78, 5) is 60.2. The molecule has 1 fully saturated rings. The van der Waals surface area contributed by atoms with Gasteiger partial charge >= 0.3 is 6.61 Å². The summed E-state index contributed by atoms with van der Waals surface area (Å²) in [5.74, 6) is -3.66. The van der Waals surface area contributed by atoms with Crippen LogP contribution < -0.4 is 5.32 Å². The lowest BCUT2D eigenvalue weighted by atomic mass is 10.00. The van der Waals surface area contributed by atoms with E-state index >= 15 is 8.78 Å². The molecule has 0 spiro atoms. The second-order valence-corrected chi connectivity index (χ2v) is 13.7. The fraction of sp³-hybridized carbons (Fsp3) is 0.405. The molecule has 4 aromatic rings. The van der Waals surface area contributed by atoms with Crippen molar-refractivity contribution in [3.05, 3.63) is 76.0 Å². The first-order valence-electron chi connectivity index (χ1n) is 17.4. The van der Waals surface area contributed by atoms with Gasteiger partial charge in [-0.05, 0) is 52.2 Å². The summed E-state index contributed by atoms with van der Waals surface area (Å²) in [6.45, 7) is 1.40. The van der Waals surface area contributed by atoms with E-state index in [1.807, 2.05) is 0 Å². The molecule has 0 radical (unpaired) electrons. The van der Waals surface area contributed by atoms with E-state index in [4.69, 9.17) is 11.6 Å². The lowest BCUT2D eigenvalue weighted by Crippen LogP contribution is -2.50. The van der Waals surface area contributed by atoms with Crippen LogP contribution in [0, 0.1) is 25.5 Å². The highest BCUT2D eigenvalue weighted by Crippen LogP contribution is 2.35. The predicted octanol–water partition coefficient (Wildman–Crippen LogP) is 5.19. The van der Waals surface area contributed by atoms with Crippen LogP contribution in [-0.4, -0.2) is 118 Å². The van der Waals surface area contributed by atoms with Gasteiger partial charge in [0.1, 0.15) is 5.78 Å². The third kappa shape index (κ3) is 9.40. The number of rotatable bonds is 14. The molecule has 2 aromatic heterocycles. The fourth-order valence-corrected chi connectivity index (χ4v) is 6.72. The van der Waals surface area contributed by atoms with E-state index in [1.54, 1.807) is 42.6 Å². The molecule has 294 valence electrons.